The van der Waals surface area contributed by atoms with Gasteiger partial charge < -0.3 is 16.0 Å². The number of benzene rings is 2. The highest BCUT2D eigenvalue weighted by Crippen LogP contribution is 2.30. The van der Waals surface area contributed by atoms with Crippen LogP contribution >= 0.6 is 11.3 Å². The number of likely N-dealkylation sites (tertiary alicyclic amines) is 1. The zero-order valence-corrected chi connectivity index (χ0v) is 16.3. The van der Waals surface area contributed by atoms with Gasteiger partial charge in [0.15, 0.2) is 6.54 Å². The first kappa shape index (κ1) is 18.6. The van der Waals surface area contributed by atoms with Gasteiger partial charge in [0.2, 0.25) is 5.91 Å². The molecule has 4 rings (SSSR count). The number of fused-ring (bicyclic) bond motifs is 1. The van der Waals surface area contributed by atoms with Crippen LogP contribution in [0.1, 0.15) is 34.1 Å². The van der Waals surface area contributed by atoms with Crippen LogP contribution in [0.2, 0.25) is 0 Å². The van der Waals surface area contributed by atoms with Gasteiger partial charge in [0.25, 0.3) is 5.91 Å². The molecule has 144 valence electrons. The summed E-state index contributed by atoms with van der Waals surface area (Å²) in [4.78, 5) is 29.7. The number of nitrogens with one attached hydrogen (secondary N) is 2. The zero-order valence-electron chi connectivity index (χ0n) is 15.5. The first-order valence-electron chi connectivity index (χ1n) is 9.47. The second-order valence-electron chi connectivity index (χ2n) is 7.23. The average Bonchev–Trinajstić information content (AvgIpc) is 3.13. The molecule has 0 aliphatic carbocycles. The molecule has 1 unspecified atom stereocenters. The molecule has 4 N–H and O–H groups in total. The topological polar surface area (TPSA) is 89.5 Å². The van der Waals surface area contributed by atoms with E-state index in [2.05, 4.69) is 17.4 Å². The van der Waals surface area contributed by atoms with Gasteiger partial charge in [-0.15, -0.1) is 11.3 Å². The lowest BCUT2D eigenvalue weighted by Crippen LogP contribution is -3.14. The Kier molecular flexibility index (Phi) is 5.36. The van der Waals surface area contributed by atoms with Crippen LogP contribution in [-0.2, 0) is 4.79 Å². The molecule has 7 heteroatoms. The van der Waals surface area contributed by atoms with Gasteiger partial charge in [-0.3, -0.25) is 9.59 Å². The molecule has 28 heavy (non-hydrogen) atoms. The quantitative estimate of drug-likeness (QED) is 0.615. The van der Waals surface area contributed by atoms with Crippen LogP contribution in [0, 0.1) is 0 Å². The zero-order chi connectivity index (χ0) is 19.5. The monoisotopic (exact) mass is 395 g/mol. The number of primary amides is 1. The number of hydrogen-bond acceptors (Lipinski definition) is 4. The van der Waals surface area contributed by atoms with Crippen molar-refractivity contribution >= 4 is 39.1 Å². The van der Waals surface area contributed by atoms with Gasteiger partial charge in [-0.25, -0.2) is 4.98 Å². The lowest BCUT2D eigenvalue weighted by Gasteiger charge is -2.28. The summed E-state index contributed by atoms with van der Waals surface area (Å²) in [6, 6.07) is 14.9. The molecule has 2 atom stereocenters. The number of hydrogen-bond donors (Lipinski definition) is 3. The van der Waals surface area contributed by atoms with E-state index in [0.717, 1.165) is 31.4 Å². The van der Waals surface area contributed by atoms with Crippen molar-refractivity contribution < 1.29 is 14.5 Å². The fourth-order valence-electron chi connectivity index (χ4n) is 3.74. The highest BCUT2D eigenvalue weighted by molar-refractivity contribution is 7.18. The molecule has 2 aromatic carbocycles. The van der Waals surface area contributed by atoms with E-state index in [1.807, 2.05) is 12.1 Å². The van der Waals surface area contributed by atoms with E-state index >= 15 is 0 Å². The maximum atomic E-state index is 12.4. The third kappa shape index (κ3) is 4.21. The van der Waals surface area contributed by atoms with Gasteiger partial charge in [-0.2, -0.15) is 0 Å². The maximum absolute atomic E-state index is 12.4. The summed E-state index contributed by atoms with van der Waals surface area (Å²) in [6.07, 6.45) is 2.22. The summed E-state index contributed by atoms with van der Waals surface area (Å²) in [5.74, 6) is -0.0906. The summed E-state index contributed by atoms with van der Waals surface area (Å²) in [6.45, 7) is 2.35. The van der Waals surface area contributed by atoms with E-state index in [1.165, 1.54) is 14.6 Å². The average molecular weight is 396 g/mol. The summed E-state index contributed by atoms with van der Waals surface area (Å²) >= 11 is 1.77. The number of aromatic nitrogens is 1. The number of piperidine rings is 1. The lowest BCUT2D eigenvalue weighted by atomic mass is 9.99. The van der Waals surface area contributed by atoms with Crippen LogP contribution in [0.4, 0.5) is 5.69 Å². The van der Waals surface area contributed by atoms with Crippen molar-refractivity contribution in [2.75, 3.05) is 25.0 Å². The number of quaternary nitrogens is 1. The number of nitrogens with zero attached hydrogens (tertiary/aromatic N) is 1. The molecule has 2 amide bonds. The van der Waals surface area contributed by atoms with E-state index in [-0.39, 0.29) is 5.91 Å². The largest absolute Gasteiger partial charge is 0.366 e. The normalized spacial score (nSPS) is 19.4. The Bertz CT molecular complexity index is 966. The molecule has 0 bridgehead atoms. The molecule has 1 aliphatic heterocycles. The van der Waals surface area contributed by atoms with Crippen molar-refractivity contribution in [3.63, 3.8) is 0 Å². The Balaban J connectivity index is 1.36. The molecule has 1 aliphatic rings. The molecule has 1 aromatic heterocycles. The lowest BCUT2D eigenvalue weighted by molar-refractivity contribution is -0.898. The van der Waals surface area contributed by atoms with Crippen molar-refractivity contribution in [3.05, 3.63) is 59.1 Å². The van der Waals surface area contributed by atoms with E-state index in [9.17, 15) is 9.59 Å². The SMILES string of the molecule is NC(=O)c1ccc(NC(=O)C[NH+]2CCC[C@H](c3nc4ccccc4s3)C2)cc1. The fraction of sp³-hybridized carbons (Fsp3) is 0.286. The molecule has 0 spiro atoms. The van der Waals surface area contributed by atoms with Crippen LogP contribution in [-0.4, -0.2) is 36.4 Å². The summed E-state index contributed by atoms with van der Waals surface area (Å²) in [7, 11) is 0. The standard InChI is InChI=1S/C21H22N4O2S/c22-20(27)14-7-9-16(10-8-14)23-19(26)13-25-11-3-4-15(12-25)21-24-17-5-1-2-6-18(17)28-21/h1-2,5-10,15H,3-4,11-13H2,(H2,22,27)(H,23,26)/p+1/t15-/m0/s1. The molecule has 1 fully saturated rings. The van der Waals surface area contributed by atoms with Gasteiger partial charge >= 0.3 is 0 Å². The smallest absolute Gasteiger partial charge is 0.279 e. The minimum Gasteiger partial charge on any atom is -0.366 e. The minimum atomic E-state index is -0.475. The third-order valence-electron chi connectivity index (χ3n) is 5.14. The summed E-state index contributed by atoms with van der Waals surface area (Å²) in [5.41, 5.74) is 7.41. The molecule has 1 saturated heterocycles. The Morgan fingerprint density at radius 3 is 2.71 bits per heavy atom. The highest BCUT2D eigenvalue weighted by atomic mass is 32.1. The van der Waals surface area contributed by atoms with Crippen LogP contribution in [0.3, 0.4) is 0 Å². The van der Waals surface area contributed by atoms with Gasteiger partial charge in [-0.1, -0.05) is 12.1 Å². The van der Waals surface area contributed by atoms with E-state index in [4.69, 9.17) is 10.7 Å². The van der Waals surface area contributed by atoms with Crippen molar-refractivity contribution in [2.24, 2.45) is 5.73 Å². The molecule has 0 saturated carbocycles. The van der Waals surface area contributed by atoms with Crippen molar-refractivity contribution in [3.8, 4) is 0 Å². The molecular weight excluding hydrogens is 372 g/mol. The predicted molar refractivity (Wildman–Crippen MR) is 111 cm³/mol. The summed E-state index contributed by atoms with van der Waals surface area (Å²) in [5, 5.41) is 4.09. The predicted octanol–water partition coefficient (Wildman–Crippen LogP) is 1.80. The molecule has 3 aromatic rings. The van der Waals surface area contributed by atoms with Crippen molar-refractivity contribution in [1.29, 1.82) is 0 Å². The highest BCUT2D eigenvalue weighted by Gasteiger charge is 2.28. The second kappa shape index (κ2) is 8.08. The molecule has 2 heterocycles. The van der Waals surface area contributed by atoms with E-state index in [1.54, 1.807) is 35.6 Å². The van der Waals surface area contributed by atoms with Crippen LogP contribution in [0.5, 0.6) is 0 Å². The molecular formula is C21H23N4O2S+. The first-order valence-corrected chi connectivity index (χ1v) is 10.3. The minimum absolute atomic E-state index is 0.0215. The fourth-order valence-corrected chi connectivity index (χ4v) is 4.84. The maximum Gasteiger partial charge on any atom is 0.279 e. The van der Waals surface area contributed by atoms with Gasteiger partial charge in [-0.05, 0) is 49.2 Å². The Labute approximate surface area is 167 Å². The van der Waals surface area contributed by atoms with Crippen LogP contribution < -0.4 is 16.0 Å². The Hall–Kier alpha value is -2.77. The van der Waals surface area contributed by atoms with Gasteiger partial charge in [0.05, 0.1) is 29.2 Å². The van der Waals surface area contributed by atoms with Crippen molar-refractivity contribution in [1.82, 2.24) is 4.98 Å². The molecule has 6 nitrogen and oxygen atoms in total. The van der Waals surface area contributed by atoms with Gasteiger partial charge in [0, 0.05) is 11.3 Å². The van der Waals surface area contributed by atoms with E-state index in [0.29, 0.717) is 23.7 Å². The number of rotatable bonds is 5. The number of nitrogens with two attached hydrogens (primary N) is 1. The van der Waals surface area contributed by atoms with Crippen molar-refractivity contribution in [2.45, 2.75) is 18.8 Å². The Morgan fingerprint density at radius 2 is 1.96 bits per heavy atom. The Morgan fingerprint density at radius 1 is 1.18 bits per heavy atom. The van der Waals surface area contributed by atoms with E-state index < -0.39 is 5.91 Å². The third-order valence-corrected chi connectivity index (χ3v) is 6.34. The second-order valence-corrected chi connectivity index (χ2v) is 8.29. The molecule has 0 radical (unpaired) electrons. The number of thiazole rings is 1. The number of carbonyl (C=O) groups is 2. The van der Waals surface area contributed by atoms with Crippen LogP contribution in [0.25, 0.3) is 10.2 Å². The van der Waals surface area contributed by atoms with Gasteiger partial charge in [0.1, 0.15) is 5.01 Å². The number of carbonyl (C=O) groups excluding carboxylic acids is 2. The number of para-hydroxylation sites is 1. The first-order chi connectivity index (χ1) is 13.6. The summed E-state index contributed by atoms with van der Waals surface area (Å²) < 4.78 is 1.22. The van der Waals surface area contributed by atoms with Crippen LogP contribution in [0.15, 0.2) is 48.5 Å². The number of anilines is 1. The number of amides is 2.